The van der Waals surface area contributed by atoms with Crippen LogP contribution in [0, 0.1) is 11.6 Å². The molecule has 116 valence electrons. The summed E-state index contributed by atoms with van der Waals surface area (Å²) in [6, 6.07) is 9.80. The van der Waals surface area contributed by atoms with E-state index in [1.54, 1.807) is 24.3 Å². The maximum absolute atomic E-state index is 13.7. The van der Waals surface area contributed by atoms with Gasteiger partial charge in [-0.3, -0.25) is 0 Å². The highest BCUT2D eigenvalue weighted by Gasteiger charge is 2.26. The second kappa shape index (κ2) is 5.89. The molecule has 0 N–H and O–H groups in total. The fraction of sp³-hybridized carbons (Fsp3) is 0.294. The van der Waals surface area contributed by atoms with Crippen molar-refractivity contribution >= 4 is 23.1 Å². The van der Waals surface area contributed by atoms with Gasteiger partial charge in [-0.15, -0.1) is 0 Å². The predicted octanol–water partition coefficient (Wildman–Crippen LogP) is 4.52. The van der Waals surface area contributed by atoms with Gasteiger partial charge in [-0.05, 0) is 57.4 Å². The van der Waals surface area contributed by atoms with Gasteiger partial charge in [0.05, 0.1) is 11.4 Å². The van der Waals surface area contributed by atoms with Crippen LogP contribution in [0.4, 0.5) is 20.2 Å². The molecule has 0 saturated carbocycles. The molecule has 0 radical (unpaired) electrons. The third-order valence-corrected chi connectivity index (χ3v) is 5.08. The van der Waals surface area contributed by atoms with Gasteiger partial charge >= 0.3 is 0 Å². The van der Waals surface area contributed by atoms with E-state index in [0.717, 1.165) is 21.2 Å². The minimum Gasteiger partial charge on any atom is -0.338 e. The van der Waals surface area contributed by atoms with E-state index in [1.165, 1.54) is 23.9 Å². The van der Waals surface area contributed by atoms with E-state index in [2.05, 4.69) is 16.7 Å². The summed E-state index contributed by atoms with van der Waals surface area (Å²) in [6.45, 7) is 2.83. The Hall–Kier alpha value is -1.59. The lowest BCUT2D eigenvalue weighted by Gasteiger charge is -2.36. The van der Waals surface area contributed by atoms with Crippen molar-refractivity contribution in [3.8, 4) is 0 Å². The summed E-state index contributed by atoms with van der Waals surface area (Å²) >= 11 is 1.48. The van der Waals surface area contributed by atoms with Crippen LogP contribution in [0.3, 0.4) is 0 Å². The van der Waals surface area contributed by atoms with E-state index in [-0.39, 0.29) is 17.7 Å². The number of rotatable bonds is 3. The molecule has 22 heavy (non-hydrogen) atoms. The molecule has 1 aliphatic rings. The number of hydrogen-bond acceptors (Lipinski definition) is 3. The van der Waals surface area contributed by atoms with Crippen LogP contribution in [0.5, 0.6) is 0 Å². The molecule has 0 amide bonds. The van der Waals surface area contributed by atoms with E-state index in [9.17, 15) is 8.78 Å². The summed E-state index contributed by atoms with van der Waals surface area (Å²) in [5, 5.41) is 0. The standard InChI is InChI=1S/C17H18F2N2S/c1-11(20(2)3)10-21-14-6-4-13(19)9-17(14)22-16-7-5-12(18)8-15(16)21/h4-9,11H,10H2,1-3H3. The molecule has 1 unspecified atom stereocenters. The fourth-order valence-corrected chi connectivity index (χ4v) is 3.55. The molecule has 0 saturated heterocycles. The quantitative estimate of drug-likeness (QED) is 0.821. The van der Waals surface area contributed by atoms with Gasteiger partial charge in [-0.1, -0.05) is 11.8 Å². The van der Waals surface area contributed by atoms with Crippen LogP contribution in [0.1, 0.15) is 6.92 Å². The molecule has 1 atom stereocenters. The number of anilines is 2. The Kier molecular flexibility index (Phi) is 4.10. The number of benzene rings is 2. The molecular weight excluding hydrogens is 302 g/mol. The largest absolute Gasteiger partial charge is 0.338 e. The predicted molar refractivity (Wildman–Crippen MR) is 87.1 cm³/mol. The van der Waals surface area contributed by atoms with Crippen LogP contribution in [0.15, 0.2) is 46.2 Å². The monoisotopic (exact) mass is 320 g/mol. The Morgan fingerprint density at radius 3 is 2.41 bits per heavy atom. The summed E-state index contributed by atoms with van der Waals surface area (Å²) < 4.78 is 27.3. The van der Waals surface area contributed by atoms with Gasteiger partial charge in [-0.2, -0.15) is 0 Å². The minimum absolute atomic E-state index is 0.252. The normalized spacial score (nSPS) is 14.7. The first-order valence-corrected chi connectivity index (χ1v) is 7.98. The summed E-state index contributed by atoms with van der Waals surface area (Å²) in [4.78, 5) is 6.01. The van der Waals surface area contributed by atoms with Crippen molar-refractivity contribution in [2.45, 2.75) is 22.8 Å². The Morgan fingerprint density at radius 1 is 1.00 bits per heavy atom. The lowest BCUT2D eigenvalue weighted by molar-refractivity contribution is 0.319. The topological polar surface area (TPSA) is 6.48 Å². The van der Waals surface area contributed by atoms with E-state index in [4.69, 9.17) is 0 Å². The van der Waals surface area contributed by atoms with Gasteiger partial charge in [0.15, 0.2) is 0 Å². The van der Waals surface area contributed by atoms with Gasteiger partial charge in [0.25, 0.3) is 0 Å². The SMILES string of the molecule is CC(CN1c2ccc(F)cc2Sc2ccc(F)cc21)N(C)C. The number of fused-ring (bicyclic) bond motifs is 2. The maximum atomic E-state index is 13.7. The van der Waals surface area contributed by atoms with Crippen molar-refractivity contribution in [2.75, 3.05) is 25.5 Å². The second-order valence-corrected chi connectivity index (χ2v) is 6.83. The molecule has 2 aromatic carbocycles. The lowest BCUT2D eigenvalue weighted by Crippen LogP contribution is -2.37. The van der Waals surface area contributed by atoms with Gasteiger partial charge in [0, 0.05) is 22.4 Å². The van der Waals surface area contributed by atoms with E-state index in [0.29, 0.717) is 6.54 Å². The first-order valence-electron chi connectivity index (χ1n) is 7.16. The third-order valence-electron chi connectivity index (χ3n) is 3.97. The van der Waals surface area contributed by atoms with E-state index in [1.807, 2.05) is 14.1 Å². The van der Waals surface area contributed by atoms with Crippen LogP contribution in [-0.2, 0) is 0 Å². The molecule has 2 nitrogen and oxygen atoms in total. The van der Waals surface area contributed by atoms with Gasteiger partial charge in [-0.25, -0.2) is 8.78 Å². The van der Waals surface area contributed by atoms with Crippen LogP contribution in [-0.4, -0.2) is 31.6 Å². The van der Waals surface area contributed by atoms with E-state index < -0.39 is 0 Å². The van der Waals surface area contributed by atoms with Crippen molar-refractivity contribution in [2.24, 2.45) is 0 Å². The van der Waals surface area contributed by atoms with Crippen molar-refractivity contribution in [1.82, 2.24) is 4.90 Å². The summed E-state index contributed by atoms with van der Waals surface area (Å²) in [7, 11) is 4.03. The molecule has 0 spiro atoms. The van der Waals surface area contributed by atoms with Crippen LogP contribution in [0.25, 0.3) is 0 Å². The summed E-state index contributed by atoms with van der Waals surface area (Å²) in [6.07, 6.45) is 0. The Bertz CT molecular complexity index is 703. The van der Waals surface area contributed by atoms with Crippen molar-refractivity contribution in [1.29, 1.82) is 0 Å². The molecule has 5 heteroatoms. The Morgan fingerprint density at radius 2 is 1.68 bits per heavy atom. The first-order chi connectivity index (χ1) is 10.5. The Balaban J connectivity index is 2.08. The lowest BCUT2D eigenvalue weighted by atomic mass is 10.2. The number of likely N-dealkylation sites (N-methyl/N-ethyl adjacent to an activating group) is 1. The number of halogens is 2. The molecular formula is C17H18F2N2S. The first kappa shape index (κ1) is 15.3. The van der Waals surface area contributed by atoms with Crippen LogP contribution >= 0.6 is 11.8 Å². The molecule has 0 fully saturated rings. The number of hydrogen-bond donors (Lipinski definition) is 0. The van der Waals surface area contributed by atoms with Crippen LogP contribution in [0.2, 0.25) is 0 Å². The van der Waals surface area contributed by atoms with Gasteiger partial charge in [0.2, 0.25) is 0 Å². The Labute approximate surface area is 133 Å². The zero-order valence-electron chi connectivity index (χ0n) is 12.8. The molecule has 3 rings (SSSR count). The summed E-state index contributed by atoms with van der Waals surface area (Å²) in [5.41, 5.74) is 1.77. The zero-order valence-corrected chi connectivity index (χ0v) is 13.6. The molecule has 0 aromatic heterocycles. The van der Waals surface area contributed by atoms with Crippen molar-refractivity contribution in [3.63, 3.8) is 0 Å². The van der Waals surface area contributed by atoms with E-state index >= 15 is 0 Å². The highest BCUT2D eigenvalue weighted by molar-refractivity contribution is 7.99. The van der Waals surface area contributed by atoms with Gasteiger partial charge < -0.3 is 9.80 Å². The molecule has 2 aromatic rings. The minimum atomic E-state index is -0.257. The second-order valence-electron chi connectivity index (χ2n) is 5.75. The average molecular weight is 320 g/mol. The fourth-order valence-electron chi connectivity index (χ4n) is 2.45. The molecule has 0 aliphatic carbocycles. The van der Waals surface area contributed by atoms with Crippen molar-refractivity contribution < 1.29 is 8.78 Å². The zero-order chi connectivity index (χ0) is 15.9. The van der Waals surface area contributed by atoms with Crippen LogP contribution < -0.4 is 4.90 Å². The third kappa shape index (κ3) is 2.83. The molecule has 1 heterocycles. The number of nitrogens with zero attached hydrogens (tertiary/aromatic N) is 2. The van der Waals surface area contributed by atoms with Gasteiger partial charge in [0.1, 0.15) is 11.6 Å². The average Bonchev–Trinajstić information content (AvgIpc) is 2.47. The highest BCUT2D eigenvalue weighted by atomic mass is 32.2. The van der Waals surface area contributed by atoms with Crippen molar-refractivity contribution in [3.05, 3.63) is 48.0 Å². The maximum Gasteiger partial charge on any atom is 0.125 e. The highest BCUT2D eigenvalue weighted by Crippen LogP contribution is 2.48. The smallest absolute Gasteiger partial charge is 0.125 e. The molecule has 1 aliphatic heterocycles. The molecule has 0 bridgehead atoms. The summed E-state index contributed by atoms with van der Waals surface area (Å²) in [5.74, 6) is -0.509.